The highest BCUT2D eigenvalue weighted by atomic mass is 16.5. The summed E-state index contributed by atoms with van der Waals surface area (Å²) in [4.78, 5) is 21.8. The summed E-state index contributed by atoms with van der Waals surface area (Å²) in [5.41, 5.74) is 1.80. The number of rotatable bonds is 14. The van der Waals surface area contributed by atoms with Crippen LogP contribution in [0.1, 0.15) is 109 Å². The largest absolute Gasteiger partial charge is 0.426 e. The lowest BCUT2D eigenvalue weighted by Gasteiger charge is -2.34. The molecule has 194 valence electrons. The molecule has 1 aromatic carbocycles. The number of carbonyl (C=O) groups is 1. The Morgan fingerprint density at radius 1 is 0.944 bits per heavy atom. The first-order chi connectivity index (χ1) is 17.6. The molecule has 0 amide bonds. The summed E-state index contributed by atoms with van der Waals surface area (Å²) in [6.45, 7) is 4.41. The van der Waals surface area contributed by atoms with Gasteiger partial charge >= 0.3 is 5.97 Å². The third-order valence-electron chi connectivity index (χ3n) is 7.63. The van der Waals surface area contributed by atoms with Crippen molar-refractivity contribution in [1.29, 1.82) is 5.26 Å². The Morgan fingerprint density at radius 2 is 1.56 bits per heavy atom. The molecule has 1 heterocycles. The van der Waals surface area contributed by atoms with E-state index in [0.717, 1.165) is 68.9 Å². The number of nitriles is 1. The third-order valence-corrected chi connectivity index (χ3v) is 7.63. The van der Waals surface area contributed by atoms with Crippen LogP contribution in [0.25, 0.3) is 11.4 Å². The zero-order valence-electron chi connectivity index (χ0n) is 22.3. The quantitative estimate of drug-likeness (QED) is 0.152. The van der Waals surface area contributed by atoms with Crippen molar-refractivity contribution in [3.8, 4) is 23.2 Å². The van der Waals surface area contributed by atoms with E-state index < -0.39 is 0 Å². The van der Waals surface area contributed by atoms with Crippen molar-refractivity contribution in [2.45, 2.75) is 110 Å². The van der Waals surface area contributed by atoms with Gasteiger partial charge in [-0.3, -0.25) is 4.79 Å². The molecule has 0 atom stereocenters. The van der Waals surface area contributed by atoms with Crippen LogP contribution in [0.15, 0.2) is 36.7 Å². The van der Waals surface area contributed by atoms with E-state index in [1.807, 2.05) is 36.7 Å². The van der Waals surface area contributed by atoms with E-state index in [1.165, 1.54) is 38.5 Å². The molecule has 0 saturated heterocycles. The van der Waals surface area contributed by atoms with Gasteiger partial charge < -0.3 is 4.74 Å². The van der Waals surface area contributed by atoms with Crippen molar-refractivity contribution in [3.63, 3.8) is 0 Å². The van der Waals surface area contributed by atoms with E-state index in [1.54, 1.807) is 0 Å². The first kappa shape index (κ1) is 27.8. The highest BCUT2D eigenvalue weighted by molar-refractivity contribution is 5.75. The summed E-state index contributed by atoms with van der Waals surface area (Å²) in [5.74, 6) is 0.915. The first-order valence-electron chi connectivity index (χ1n) is 14.1. The minimum atomic E-state index is -0.256. The van der Waals surface area contributed by atoms with Gasteiger partial charge in [0.1, 0.15) is 5.75 Å². The van der Waals surface area contributed by atoms with Gasteiger partial charge in [-0.2, -0.15) is 5.26 Å². The molecule has 0 spiro atoms. The number of aryl methyl sites for hydroxylation is 1. The van der Waals surface area contributed by atoms with Gasteiger partial charge in [0.2, 0.25) is 0 Å². The van der Waals surface area contributed by atoms with Crippen LogP contribution in [0.3, 0.4) is 0 Å². The van der Waals surface area contributed by atoms with E-state index in [2.05, 4.69) is 29.9 Å². The molecule has 1 aliphatic carbocycles. The zero-order valence-corrected chi connectivity index (χ0v) is 22.3. The molecule has 0 bridgehead atoms. The van der Waals surface area contributed by atoms with Crippen LogP contribution < -0.4 is 4.74 Å². The molecular formula is C31H43N3O2. The summed E-state index contributed by atoms with van der Waals surface area (Å²) >= 11 is 0. The molecule has 5 heteroatoms. The predicted octanol–water partition coefficient (Wildman–Crippen LogP) is 8.23. The lowest BCUT2D eigenvalue weighted by atomic mass is 9.69. The standard InChI is InChI=1S/C31H43N3O2/c1-3-5-7-8-9-10-11-19-31(24-32)20-17-27(18-21-31)30(35)36-28-15-13-26(14-16-28)29-33-22-25(23-34-29)12-6-4-2/h13-16,22-23,27H,3-12,17-21H2,1-2H3. The second kappa shape index (κ2) is 14.7. The zero-order chi connectivity index (χ0) is 25.6. The highest BCUT2D eigenvalue weighted by Crippen LogP contribution is 2.43. The number of benzene rings is 1. The van der Waals surface area contributed by atoms with Gasteiger partial charge in [0, 0.05) is 18.0 Å². The number of carbonyl (C=O) groups excluding carboxylic acids is 1. The van der Waals surface area contributed by atoms with E-state index in [0.29, 0.717) is 11.6 Å². The van der Waals surface area contributed by atoms with Gasteiger partial charge in [0.05, 0.1) is 17.4 Å². The van der Waals surface area contributed by atoms with Crippen molar-refractivity contribution in [3.05, 3.63) is 42.2 Å². The minimum absolute atomic E-state index is 0.126. The SMILES string of the molecule is CCCCCCCCCC1(C#N)CCC(C(=O)Oc2ccc(-c3ncc(CCCC)cn3)cc2)CC1. The number of esters is 1. The molecule has 0 N–H and O–H groups in total. The monoisotopic (exact) mass is 489 g/mol. The molecule has 5 nitrogen and oxygen atoms in total. The lowest BCUT2D eigenvalue weighted by molar-refractivity contribution is -0.140. The van der Waals surface area contributed by atoms with Crippen molar-refractivity contribution in [2.75, 3.05) is 0 Å². The third kappa shape index (κ3) is 8.43. The van der Waals surface area contributed by atoms with Crippen LogP contribution in [-0.2, 0) is 11.2 Å². The molecule has 1 fully saturated rings. The van der Waals surface area contributed by atoms with E-state index in [9.17, 15) is 10.1 Å². The van der Waals surface area contributed by atoms with Crippen molar-refractivity contribution < 1.29 is 9.53 Å². The topological polar surface area (TPSA) is 75.9 Å². The number of ether oxygens (including phenoxy) is 1. The van der Waals surface area contributed by atoms with E-state index in [4.69, 9.17) is 4.74 Å². The van der Waals surface area contributed by atoms with Gasteiger partial charge in [-0.25, -0.2) is 9.97 Å². The fraction of sp³-hybridized carbons (Fsp3) is 0.613. The highest BCUT2D eigenvalue weighted by Gasteiger charge is 2.37. The molecular weight excluding hydrogens is 446 g/mol. The Labute approximate surface area is 217 Å². The average Bonchev–Trinajstić information content (AvgIpc) is 2.92. The maximum Gasteiger partial charge on any atom is 0.314 e. The Kier molecular flexibility index (Phi) is 11.4. The van der Waals surface area contributed by atoms with Crippen molar-refractivity contribution in [2.24, 2.45) is 11.3 Å². The average molecular weight is 490 g/mol. The summed E-state index contributed by atoms with van der Waals surface area (Å²) in [5, 5.41) is 9.87. The second-order valence-corrected chi connectivity index (χ2v) is 10.5. The van der Waals surface area contributed by atoms with Crippen LogP contribution in [-0.4, -0.2) is 15.9 Å². The fourth-order valence-corrected chi connectivity index (χ4v) is 5.13. The van der Waals surface area contributed by atoms with Crippen LogP contribution >= 0.6 is 0 Å². The van der Waals surface area contributed by atoms with Crippen LogP contribution in [0, 0.1) is 22.7 Å². The predicted molar refractivity (Wildman–Crippen MR) is 144 cm³/mol. The van der Waals surface area contributed by atoms with Crippen molar-refractivity contribution >= 4 is 5.97 Å². The molecule has 36 heavy (non-hydrogen) atoms. The molecule has 2 aromatic rings. The Morgan fingerprint density at radius 3 is 2.17 bits per heavy atom. The maximum absolute atomic E-state index is 12.8. The Bertz CT molecular complexity index is 955. The number of nitrogens with zero attached hydrogens (tertiary/aromatic N) is 3. The van der Waals surface area contributed by atoms with Crippen LogP contribution in [0.2, 0.25) is 0 Å². The number of hydrogen-bond acceptors (Lipinski definition) is 5. The van der Waals surface area contributed by atoms with Gasteiger partial charge in [-0.1, -0.05) is 65.2 Å². The van der Waals surface area contributed by atoms with Gasteiger partial charge in [-0.15, -0.1) is 0 Å². The van der Waals surface area contributed by atoms with E-state index in [-0.39, 0.29) is 17.3 Å². The molecule has 0 radical (unpaired) electrons. The number of unbranched alkanes of at least 4 members (excludes halogenated alkanes) is 7. The fourth-order valence-electron chi connectivity index (χ4n) is 5.13. The molecule has 0 unspecified atom stereocenters. The number of aromatic nitrogens is 2. The lowest BCUT2D eigenvalue weighted by Crippen LogP contribution is -2.31. The number of hydrogen-bond donors (Lipinski definition) is 0. The molecule has 1 saturated carbocycles. The summed E-state index contributed by atoms with van der Waals surface area (Å²) in [6.07, 6.45) is 19.9. The molecule has 1 aliphatic rings. The first-order valence-corrected chi connectivity index (χ1v) is 14.1. The summed E-state index contributed by atoms with van der Waals surface area (Å²) in [7, 11) is 0. The minimum Gasteiger partial charge on any atom is -0.426 e. The van der Waals surface area contributed by atoms with Crippen molar-refractivity contribution in [1.82, 2.24) is 9.97 Å². The molecule has 1 aromatic heterocycles. The van der Waals surface area contributed by atoms with Crippen LogP contribution in [0.5, 0.6) is 5.75 Å². The van der Waals surface area contributed by atoms with Gasteiger partial charge in [0.15, 0.2) is 5.82 Å². The molecule has 0 aliphatic heterocycles. The van der Waals surface area contributed by atoms with Gasteiger partial charge in [0.25, 0.3) is 0 Å². The normalized spacial score (nSPS) is 19.5. The Balaban J connectivity index is 1.43. The Hall–Kier alpha value is -2.74. The second-order valence-electron chi connectivity index (χ2n) is 10.5. The summed E-state index contributed by atoms with van der Waals surface area (Å²) in [6, 6.07) is 10.0. The smallest absolute Gasteiger partial charge is 0.314 e. The summed E-state index contributed by atoms with van der Waals surface area (Å²) < 4.78 is 5.69. The van der Waals surface area contributed by atoms with Crippen LogP contribution in [0.4, 0.5) is 0 Å². The maximum atomic E-state index is 12.8. The molecule has 3 rings (SSSR count). The van der Waals surface area contributed by atoms with Gasteiger partial charge in [-0.05, 0) is 74.8 Å². The van der Waals surface area contributed by atoms with E-state index >= 15 is 0 Å².